The number of aryl methyl sites for hydroxylation is 1. The van der Waals surface area contributed by atoms with E-state index in [4.69, 9.17) is 4.74 Å². The first-order valence-corrected chi connectivity index (χ1v) is 8.20. The summed E-state index contributed by atoms with van der Waals surface area (Å²) in [6.45, 7) is 6.11. The van der Waals surface area contributed by atoms with E-state index in [1.807, 2.05) is 37.6 Å². The first-order valence-electron chi connectivity index (χ1n) is 8.20. The second-order valence-electron chi connectivity index (χ2n) is 7.23. The van der Waals surface area contributed by atoms with Crippen molar-refractivity contribution in [2.75, 3.05) is 0 Å². The summed E-state index contributed by atoms with van der Waals surface area (Å²) in [4.78, 5) is 29.1. The molecule has 0 spiro atoms. The van der Waals surface area contributed by atoms with Gasteiger partial charge in [-0.1, -0.05) is 6.07 Å². The molecule has 0 saturated carbocycles. The molecule has 0 bridgehead atoms. The number of carbonyl (C=O) groups excluding carboxylic acids is 2. The van der Waals surface area contributed by atoms with Gasteiger partial charge in [-0.05, 0) is 51.3 Å². The topological polar surface area (TPSA) is 61.2 Å². The summed E-state index contributed by atoms with van der Waals surface area (Å²) in [5, 5.41) is 0. The van der Waals surface area contributed by atoms with E-state index in [0.717, 1.165) is 18.4 Å². The molecular formula is C19H22N2O3. The highest BCUT2D eigenvalue weighted by Gasteiger charge is 2.29. The number of imidazole rings is 1. The summed E-state index contributed by atoms with van der Waals surface area (Å²) in [5.41, 5.74) is 1.53. The second kappa shape index (κ2) is 6.23. The number of fused-ring (bicyclic) bond motifs is 1. The molecule has 0 saturated heterocycles. The number of esters is 1. The maximum Gasteiger partial charge on any atom is 0.338 e. The molecule has 126 valence electrons. The van der Waals surface area contributed by atoms with Crippen molar-refractivity contribution in [1.29, 1.82) is 0 Å². The van der Waals surface area contributed by atoms with Gasteiger partial charge in [0.05, 0.1) is 11.9 Å². The molecule has 0 N–H and O–H groups in total. The van der Waals surface area contributed by atoms with Crippen molar-refractivity contribution < 1.29 is 14.3 Å². The average Bonchev–Trinajstić information content (AvgIpc) is 3.01. The zero-order valence-corrected chi connectivity index (χ0v) is 14.3. The van der Waals surface area contributed by atoms with Crippen LogP contribution in [0.3, 0.4) is 0 Å². The van der Waals surface area contributed by atoms with Crippen molar-refractivity contribution in [2.45, 2.75) is 45.8 Å². The summed E-state index contributed by atoms with van der Waals surface area (Å²) in [6.07, 6.45) is 6.95. The monoisotopic (exact) mass is 326 g/mol. The molecule has 1 atom stereocenters. The van der Waals surface area contributed by atoms with Crippen LogP contribution >= 0.6 is 0 Å². The maximum atomic E-state index is 12.8. The fourth-order valence-corrected chi connectivity index (χ4v) is 2.99. The fourth-order valence-electron chi connectivity index (χ4n) is 2.99. The van der Waals surface area contributed by atoms with Gasteiger partial charge in [-0.15, -0.1) is 0 Å². The number of nitrogens with zero attached hydrogens (tertiary/aromatic N) is 2. The molecule has 5 heteroatoms. The standard InChI is InChI=1S/C19H22N2O3/c1-19(2,3)24-18(23)14-6-4-13-5-7-15(17(22)16(13)10-14)11-21-9-8-20-12-21/h4,6,8-10,12,15H,5,7,11H2,1-3H3. The highest BCUT2D eigenvalue weighted by molar-refractivity contribution is 6.02. The van der Waals surface area contributed by atoms with Gasteiger partial charge in [-0.25, -0.2) is 9.78 Å². The Morgan fingerprint density at radius 2 is 2.17 bits per heavy atom. The normalized spacial score (nSPS) is 17.5. The summed E-state index contributed by atoms with van der Waals surface area (Å²) in [5.74, 6) is -0.384. The van der Waals surface area contributed by atoms with Crippen LogP contribution in [-0.2, 0) is 17.7 Å². The van der Waals surface area contributed by atoms with Gasteiger partial charge in [0.1, 0.15) is 5.60 Å². The smallest absolute Gasteiger partial charge is 0.338 e. The Hall–Kier alpha value is -2.43. The Kier molecular flexibility index (Phi) is 4.26. The summed E-state index contributed by atoms with van der Waals surface area (Å²) >= 11 is 0. The maximum absolute atomic E-state index is 12.8. The Morgan fingerprint density at radius 3 is 2.83 bits per heavy atom. The van der Waals surface area contributed by atoms with E-state index in [0.29, 0.717) is 17.7 Å². The molecule has 0 fully saturated rings. The van der Waals surface area contributed by atoms with E-state index in [-0.39, 0.29) is 11.7 Å². The fraction of sp³-hybridized carbons (Fsp3) is 0.421. The van der Waals surface area contributed by atoms with Crippen LogP contribution in [0.2, 0.25) is 0 Å². The minimum Gasteiger partial charge on any atom is -0.456 e. The van der Waals surface area contributed by atoms with Crippen LogP contribution in [0, 0.1) is 5.92 Å². The molecule has 2 aromatic rings. The third kappa shape index (κ3) is 3.55. The van der Waals surface area contributed by atoms with E-state index in [9.17, 15) is 9.59 Å². The van der Waals surface area contributed by atoms with E-state index < -0.39 is 11.6 Å². The largest absolute Gasteiger partial charge is 0.456 e. The predicted molar refractivity (Wildman–Crippen MR) is 90.0 cm³/mol. The van der Waals surface area contributed by atoms with E-state index in [1.165, 1.54) is 0 Å². The van der Waals surface area contributed by atoms with E-state index in [1.54, 1.807) is 24.7 Å². The quantitative estimate of drug-likeness (QED) is 0.812. The van der Waals surface area contributed by atoms with Crippen molar-refractivity contribution in [3.8, 4) is 0 Å². The zero-order chi connectivity index (χ0) is 17.3. The number of aromatic nitrogens is 2. The van der Waals surface area contributed by atoms with Crippen molar-refractivity contribution >= 4 is 11.8 Å². The van der Waals surface area contributed by atoms with Crippen LogP contribution in [0.15, 0.2) is 36.9 Å². The van der Waals surface area contributed by atoms with Gasteiger partial charge in [-0.2, -0.15) is 0 Å². The molecule has 1 aromatic heterocycles. The highest BCUT2D eigenvalue weighted by atomic mass is 16.6. The molecular weight excluding hydrogens is 304 g/mol. The molecule has 0 aliphatic heterocycles. The molecule has 1 unspecified atom stereocenters. The first-order chi connectivity index (χ1) is 11.3. The summed E-state index contributed by atoms with van der Waals surface area (Å²) in [6, 6.07) is 5.31. The number of carbonyl (C=O) groups is 2. The lowest BCUT2D eigenvalue weighted by Gasteiger charge is -2.24. The molecule has 5 nitrogen and oxygen atoms in total. The third-order valence-electron chi connectivity index (χ3n) is 4.13. The lowest BCUT2D eigenvalue weighted by atomic mass is 9.82. The number of benzene rings is 1. The molecule has 0 amide bonds. The number of hydrogen-bond donors (Lipinski definition) is 0. The minimum absolute atomic E-state index is 0.0828. The Morgan fingerprint density at radius 1 is 1.38 bits per heavy atom. The zero-order valence-electron chi connectivity index (χ0n) is 14.3. The van der Waals surface area contributed by atoms with E-state index >= 15 is 0 Å². The lowest BCUT2D eigenvalue weighted by molar-refractivity contribution is 0.00695. The van der Waals surface area contributed by atoms with Gasteiger partial charge in [-0.3, -0.25) is 4.79 Å². The average molecular weight is 326 g/mol. The lowest BCUT2D eigenvalue weighted by Crippen LogP contribution is -2.27. The summed E-state index contributed by atoms with van der Waals surface area (Å²) in [7, 11) is 0. The summed E-state index contributed by atoms with van der Waals surface area (Å²) < 4.78 is 7.32. The molecule has 3 rings (SSSR count). The van der Waals surface area contributed by atoms with Crippen LogP contribution in [0.1, 0.15) is 53.5 Å². The van der Waals surface area contributed by atoms with Crippen molar-refractivity contribution in [3.05, 3.63) is 53.6 Å². The Bertz CT molecular complexity index is 757. The van der Waals surface area contributed by atoms with Gasteiger partial charge in [0.2, 0.25) is 0 Å². The van der Waals surface area contributed by atoms with Crippen molar-refractivity contribution in [2.24, 2.45) is 5.92 Å². The number of hydrogen-bond acceptors (Lipinski definition) is 4. The van der Waals surface area contributed by atoms with Gasteiger partial charge in [0.25, 0.3) is 0 Å². The predicted octanol–water partition coefficient (Wildman–Crippen LogP) is 3.28. The third-order valence-corrected chi connectivity index (χ3v) is 4.13. The van der Waals surface area contributed by atoms with Crippen LogP contribution in [-0.4, -0.2) is 26.9 Å². The molecule has 1 aromatic carbocycles. The molecule has 1 heterocycles. The number of rotatable bonds is 3. The number of ether oxygens (including phenoxy) is 1. The van der Waals surface area contributed by atoms with Gasteiger partial charge in [0, 0.05) is 30.4 Å². The van der Waals surface area contributed by atoms with Gasteiger partial charge in [0.15, 0.2) is 5.78 Å². The second-order valence-corrected chi connectivity index (χ2v) is 7.23. The van der Waals surface area contributed by atoms with Crippen molar-refractivity contribution in [1.82, 2.24) is 9.55 Å². The van der Waals surface area contributed by atoms with Gasteiger partial charge < -0.3 is 9.30 Å². The number of Topliss-reactive ketones (excluding diaryl/α,β-unsaturated/α-hetero) is 1. The Labute approximate surface area is 141 Å². The first kappa shape index (κ1) is 16.4. The molecule has 1 aliphatic carbocycles. The van der Waals surface area contributed by atoms with Crippen molar-refractivity contribution in [3.63, 3.8) is 0 Å². The van der Waals surface area contributed by atoms with Crippen LogP contribution < -0.4 is 0 Å². The molecule has 1 aliphatic rings. The SMILES string of the molecule is CC(C)(C)OC(=O)c1ccc2c(c1)C(=O)C(Cn1ccnc1)CC2. The number of ketones is 1. The van der Waals surface area contributed by atoms with Crippen LogP contribution in [0.25, 0.3) is 0 Å². The minimum atomic E-state index is -0.555. The highest BCUT2D eigenvalue weighted by Crippen LogP contribution is 2.28. The molecule has 0 radical (unpaired) electrons. The molecule has 24 heavy (non-hydrogen) atoms. The van der Waals surface area contributed by atoms with E-state index in [2.05, 4.69) is 4.98 Å². The van der Waals surface area contributed by atoms with Crippen LogP contribution in [0.4, 0.5) is 0 Å². The van der Waals surface area contributed by atoms with Crippen LogP contribution in [0.5, 0.6) is 0 Å². The van der Waals surface area contributed by atoms with Gasteiger partial charge >= 0.3 is 5.97 Å². The Balaban J connectivity index is 1.82.